The van der Waals surface area contributed by atoms with E-state index in [2.05, 4.69) is 10.3 Å². The van der Waals surface area contributed by atoms with Crippen LogP contribution < -0.4 is 11.1 Å². The molecule has 0 fully saturated rings. The van der Waals surface area contributed by atoms with Crippen molar-refractivity contribution in [3.63, 3.8) is 0 Å². The Morgan fingerprint density at radius 3 is 2.50 bits per heavy atom. The van der Waals surface area contributed by atoms with Gasteiger partial charge in [-0.2, -0.15) is 13.2 Å². The molecule has 0 amide bonds. The number of aromatic nitrogens is 1. The van der Waals surface area contributed by atoms with Crippen LogP contribution in [0.15, 0.2) is 30.3 Å². The second-order valence-electron chi connectivity index (χ2n) is 4.19. The van der Waals surface area contributed by atoms with Crippen LogP contribution in [0.5, 0.6) is 0 Å². The molecule has 0 unspecified atom stereocenters. The lowest BCUT2D eigenvalue weighted by atomic mass is 10.2. The molecule has 0 atom stereocenters. The van der Waals surface area contributed by atoms with Gasteiger partial charge in [0.1, 0.15) is 5.82 Å². The van der Waals surface area contributed by atoms with Crippen LogP contribution in [0, 0.1) is 6.92 Å². The second kappa shape index (κ2) is 5.20. The van der Waals surface area contributed by atoms with Crippen molar-refractivity contribution in [1.82, 2.24) is 4.98 Å². The molecule has 2 aromatic rings. The van der Waals surface area contributed by atoms with Crippen molar-refractivity contribution >= 4 is 28.8 Å². The van der Waals surface area contributed by atoms with Crippen LogP contribution >= 0.6 is 11.6 Å². The number of anilines is 3. The predicted octanol–water partition coefficient (Wildman–Crippen LogP) is 4.39. The molecule has 1 aromatic carbocycles. The van der Waals surface area contributed by atoms with Crippen LogP contribution in [0.1, 0.15) is 11.3 Å². The summed E-state index contributed by atoms with van der Waals surface area (Å²) in [4.78, 5) is 4.12. The summed E-state index contributed by atoms with van der Waals surface area (Å²) < 4.78 is 38.0. The summed E-state index contributed by atoms with van der Waals surface area (Å²) in [7, 11) is 0. The fourth-order valence-corrected chi connectivity index (χ4v) is 1.74. The van der Waals surface area contributed by atoms with Crippen LogP contribution in [0.3, 0.4) is 0 Å². The minimum absolute atomic E-state index is 0.137. The van der Waals surface area contributed by atoms with Gasteiger partial charge in [0, 0.05) is 0 Å². The lowest BCUT2D eigenvalue weighted by Gasteiger charge is -2.12. The van der Waals surface area contributed by atoms with Gasteiger partial charge in [0.25, 0.3) is 0 Å². The molecule has 0 radical (unpaired) electrons. The van der Waals surface area contributed by atoms with E-state index in [0.29, 0.717) is 17.2 Å². The normalized spacial score (nSPS) is 11.4. The van der Waals surface area contributed by atoms with E-state index in [1.165, 1.54) is 6.07 Å². The van der Waals surface area contributed by atoms with Crippen LogP contribution in [0.4, 0.5) is 30.4 Å². The monoisotopic (exact) mass is 301 g/mol. The number of nitrogen functional groups attached to an aromatic ring is 1. The SMILES string of the molecule is Cc1nc(Nc2cc(C(F)(F)F)ccc2Cl)ccc1N. The van der Waals surface area contributed by atoms with Crippen LogP contribution in [0.2, 0.25) is 5.02 Å². The number of rotatable bonds is 2. The molecular weight excluding hydrogens is 291 g/mol. The third kappa shape index (κ3) is 3.14. The molecule has 2 rings (SSSR count). The number of aryl methyl sites for hydroxylation is 1. The van der Waals surface area contributed by atoms with Crippen molar-refractivity contribution < 1.29 is 13.2 Å². The van der Waals surface area contributed by atoms with Crippen molar-refractivity contribution in [2.75, 3.05) is 11.1 Å². The van der Waals surface area contributed by atoms with Gasteiger partial charge in [0.15, 0.2) is 0 Å². The zero-order chi connectivity index (χ0) is 14.9. The Balaban J connectivity index is 2.35. The van der Waals surface area contributed by atoms with Crippen molar-refractivity contribution in [2.24, 2.45) is 0 Å². The van der Waals surface area contributed by atoms with Gasteiger partial charge >= 0.3 is 6.18 Å². The van der Waals surface area contributed by atoms with Crippen LogP contribution in [0.25, 0.3) is 0 Å². The molecule has 3 nitrogen and oxygen atoms in total. The van der Waals surface area contributed by atoms with Gasteiger partial charge in [-0.15, -0.1) is 0 Å². The summed E-state index contributed by atoms with van der Waals surface area (Å²) in [6.45, 7) is 1.70. The van der Waals surface area contributed by atoms with E-state index in [-0.39, 0.29) is 10.7 Å². The Bertz CT molecular complexity index is 641. The third-order valence-electron chi connectivity index (χ3n) is 2.68. The summed E-state index contributed by atoms with van der Waals surface area (Å²) in [5, 5.41) is 2.93. The number of halogens is 4. The number of nitrogens with one attached hydrogen (secondary N) is 1. The molecule has 0 bridgehead atoms. The largest absolute Gasteiger partial charge is 0.416 e. The maximum Gasteiger partial charge on any atom is 0.416 e. The molecule has 0 aliphatic heterocycles. The van der Waals surface area contributed by atoms with Crippen molar-refractivity contribution in [3.8, 4) is 0 Å². The standard InChI is InChI=1S/C13H11ClF3N3/c1-7-10(18)4-5-12(19-7)20-11-6-8(13(15,16)17)2-3-9(11)14/h2-6H,18H2,1H3,(H,19,20). The summed E-state index contributed by atoms with van der Waals surface area (Å²) in [5.41, 5.74) is 6.07. The van der Waals surface area contributed by atoms with Crippen LogP contribution in [-0.4, -0.2) is 4.98 Å². The number of hydrogen-bond donors (Lipinski definition) is 2. The first-order valence-corrected chi connectivity index (χ1v) is 6.02. The molecule has 0 aliphatic rings. The number of benzene rings is 1. The second-order valence-corrected chi connectivity index (χ2v) is 4.60. The number of nitrogens with zero attached hydrogens (tertiary/aromatic N) is 1. The van der Waals surface area contributed by atoms with E-state index in [1.807, 2.05) is 0 Å². The van der Waals surface area contributed by atoms with Gasteiger partial charge in [-0.05, 0) is 37.3 Å². The van der Waals surface area contributed by atoms with Crippen LogP contribution in [-0.2, 0) is 6.18 Å². The lowest BCUT2D eigenvalue weighted by molar-refractivity contribution is -0.137. The average molecular weight is 302 g/mol. The fraction of sp³-hybridized carbons (Fsp3) is 0.154. The van der Waals surface area contributed by atoms with E-state index in [9.17, 15) is 13.2 Å². The van der Waals surface area contributed by atoms with Crippen molar-refractivity contribution in [3.05, 3.63) is 46.6 Å². The number of hydrogen-bond acceptors (Lipinski definition) is 3. The molecule has 106 valence electrons. The molecule has 1 heterocycles. The first-order valence-electron chi connectivity index (χ1n) is 5.64. The van der Waals surface area contributed by atoms with Crippen molar-refractivity contribution in [1.29, 1.82) is 0 Å². The third-order valence-corrected chi connectivity index (χ3v) is 3.01. The number of nitrogens with two attached hydrogens (primary N) is 1. The summed E-state index contributed by atoms with van der Waals surface area (Å²) in [5.74, 6) is 0.373. The fourth-order valence-electron chi connectivity index (χ4n) is 1.58. The first-order chi connectivity index (χ1) is 9.27. The molecule has 0 saturated heterocycles. The minimum atomic E-state index is -4.43. The lowest BCUT2D eigenvalue weighted by Crippen LogP contribution is -2.06. The van der Waals surface area contributed by atoms with Gasteiger partial charge in [-0.25, -0.2) is 4.98 Å². The highest BCUT2D eigenvalue weighted by Crippen LogP contribution is 2.34. The summed E-state index contributed by atoms with van der Waals surface area (Å²) >= 11 is 5.88. The highest BCUT2D eigenvalue weighted by molar-refractivity contribution is 6.33. The highest BCUT2D eigenvalue weighted by Gasteiger charge is 2.31. The number of pyridine rings is 1. The quantitative estimate of drug-likeness (QED) is 0.865. The smallest absolute Gasteiger partial charge is 0.397 e. The zero-order valence-corrected chi connectivity index (χ0v) is 11.2. The molecule has 0 saturated carbocycles. The number of alkyl halides is 3. The van der Waals surface area contributed by atoms with E-state index in [4.69, 9.17) is 17.3 Å². The van der Waals surface area contributed by atoms with Gasteiger partial charge in [0.2, 0.25) is 0 Å². The molecule has 3 N–H and O–H groups in total. The summed E-state index contributed by atoms with van der Waals surface area (Å²) in [6, 6.07) is 6.24. The maximum absolute atomic E-state index is 12.7. The molecule has 7 heteroatoms. The van der Waals surface area contributed by atoms with Gasteiger partial charge in [-0.3, -0.25) is 0 Å². The van der Waals surface area contributed by atoms with E-state index in [1.54, 1.807) is 19.1 Å². The molecule has 20 heavy (non-hydrogen) atoms. The van der Waals surface area contributed by atoms with E-state index >= 15 is 0 Å². The average Bonchev–Trinajstić information content (AvgIpc) is 2.35. The van der Waals surface area contributed by atoms with E-state index < -0.39 is 11.7 Å². The maximum atomic E-state index is 12.7. The Morgan fingerprint density at radius 1 is 1.20 bits per heavy atom. The predicted molar refractivity (Wildman–Crippen MR) is 73.1 cm³/mol. The zero-order valence-electron chi connectivity index (χ0n) is 10.4. The molecule has 0 aliphatic carbocycles. The Morgan fingerprint density at radius 2 is 1.90 bits per heavy atom. The van der Waals surface area contributed by atoms with Gasteiger partial charge in [0.05, 0.1) is 27.7 Å². The van der Waals surface area contributed by atoms with Crippen molar-refractivity contribution in [2.45, 2.75) is 13.1 Å². The van der Waals surface area contributed by atoms with E-state index in [0.717, 1.165) is 12.1 Å². The topological polar surface area (TPSA) is 50.9 Å². The molecule has 0 spiro atoms. The minimum Gasteiger partial charge on any atom is -0.397 e. The highest BCUT2D eigenvalue weighted by atomic mass is 35.5. The summed E-state index contributed by atoms with van der Waals surface area (Å²) in [6.07, 6.45) is -4.43. The molecule has 1 aromatic heterocycles. The first kappa shape index (κ1) is 14.5. The van der Waals surface area contributed by atoms with Gasteiger partial charge in [-0.1, -0.05) is 11.6 Å². The Kier molecular flexibility index (Phi) is 3.76. The molecular formula is C13H11ClF3N3. The Labute approximate surface area is 118 Å². The van der Waals surface area contributed by atoms with Gasteiger partial charge < -0.3 is 11.1 Å². The Hall–Kier alpha value is -1.95.